The van der Waals surface area contributed by atoms with Gasteiger partial charge in [-0.05, 0) is 46.1 Å². The molecule has 0 radical (unpaired) electrons. The van der Waals surface area contributed by atoms with Crippen LogP contribution in [0.25, 0.3) is 0 Å². The minimum absolute atomic E-state index is 0.233. The summed E-state index contributed by atoms with van der Waals surface area (Å²) in [4.78, 5) is 4.29. The number of hydrogen-bond donors (Lipinski definition) is 1. The topological polar surface area (TPSA) is 29.9 Å². The van der Waals surface area contributed by atoms with E-state index in [1.807, 2.05) is 6.33 Å². The third-order valence-electron chi connectivity index (χ3n) is 3.41. The van der Waals surface area contributed by atoms with Crippen molar-refractivity contribution in [2.24, 2.45) is 5.92 Å². The van der Waals surface area contributed by atoms with E-state index < -0.39 is 0 Å². The molecule has 96 valence electrons. The van der Waals surface area contributed by atoms with Crippen LogP contribution in [0.2, 0.25) is 0 Å². The van der Waals surface area contributed by atoms with Gasteiger partial charge in [0.25, 0.3) is 0 Å². The van der Waals surface area contributed by atoms with Gasteiger partial charge >= 0.3 is 0 Å². The molecule has 1 aromatic heterocycles. The molecule has 1 heterocycles. The van der Waals surface area contributed by atoms with Crippen LogP contribution in [0.5, 0.6) is 0 Å². The quantitative estimate of drug-likeness (QED) is 0.850. The molecule has 1 saturated carbocycles. The number of rotatable bonds is 5. The van der Waals surface area contributed by atoms with Crippen LogP contribution in [0.1, 0.15) is 52.1 Å². The summed E-state index contributed by atoms with van der Waals surface area (Å²) < 4.78 is 2.32. The molecule has 0 bridgehead atoms. The summed E-state index contributed by atoms with van der Waals surface area (Å²) in [6, 6.07) is 0. The van der Waals surface area contributed by atoms with E-state index in [0.29, 0.717) is 0 Å². The van der Waals surface area contributed by atoms with Gasteiger partial charge in [0, 0.05) is 29.9 Å². The molecular weight excluding hydrogens is 210 g/mol. The maximum atomic E-state index is 4.29. The fourth-order valence-electron chi connectivity index (χ4n) is 2.34. The largest absolute Gasteiger partial charge is 0.334 e. The number of hydrogen-bond acceptors (Lipinski definition) is 2. The molecule has 1 aliphatic rings. The maximum absolute atomic E-state index is 4.29. The van der Waals surface area contributed by atoms with Crippen molar-refractivity contribution in [3.63, 3.8) is 0 Å². The van der Waals surface area contributed by atoms with Crippen LogP contribution in [-0.4, -0.2) is 21.6 Å². The Morgan fingerprint density at radius 2 is 2.24 bits per heavy atom. The van der Waals surface area contributed by atoms with E-state index in [-0.39, 0.29) is 5.54 Å². The van der Waals surface area contributed by atoms with Crippen molar-refractivity contribution >= 4 is 0 Å². The van der Waals surface area contributed by atoms with Crippen molar-refractivity contribution in [3.8, 4) is 0 Å². The minimum Gasteiger partial charge on any atom is -0.334 e. The molecule has 0 spiro atoms. The van der Waals surface area contributed by atoms with Crippen LogP contribution in [0, 0.1) is 5.92 Å². The van der Waals surface area contributed by atoms with Crippen LogP contribution in [0.4, 0.5) is 0 Å². The molecule has 2 rings (SSSR count). The third kappa shape index (κ3) is 3.32. The molecule has 0 amide bonds. The summed E-state index contributed by atoms with van der Waals surface area (Å²) in [5.41, 5.74) is 1.67. The molecule has 0 aromatic carbocycles. The first-order valence-corrected chi connectivity index (χ1v) is 6.76. The van der Waals surface area contributed by atoms with Gasteiger partial charge in [-0.2, -0.15) is 0 Å². The zero-order chi connectivity index (χ0) is 12.5. The lowest BCUT2D eigenvalue weighted by Gasteiger charge is -2.20. The van der Waals surface area contributed by atoms with E-state index in [1.165, 1.54) is 18.5 Å². The third-order valence-corrected chi connectivity index (χ3v) is 3.41. The highest BCUT2D eigenvalue weighted by molar-refractivity contribution is 5.17. The van der Waals surface area contributed by atoms with Crippen LogP contribution in [-0.2, 0) is 6.54 Å². The summed E-state index contributed by atoms with van der Waals surface area (Å²) in [6.07, 6.45) is 6.53. The molecule has 0 saturated heterocycles. The zero-order valence-electron chi connectivity index (χ0n) is 11.5. The monoisotopic (exact) mass is 235 g/mol. The lowest BCUT2D eigenvalue weighted by molar-refractivity contribution is 0.413. The summed E-state index contributed by atoms with van der Waals surface area (Å²) in [5, 5.41) is 3.60. The lowest BCUT2D eigenvalue weighted by Crippen LogP contribution is -2.37. The Morgan fingerprint density at radius 1 is 1.47 bits per heavy atom. The lowest BCUT2D eigenvalue weighted by atomic mass is 10.1. The Bertz CT molecular complexity index is 362. The number of imidazole rings is 1. The number of nitrogens with one attached hydrogen (secondary N) is 1. The molecular formula is C14H25N3. The Hall–Kier alpha value is -0.830. The van der Waals surface area contributed by atoms with Gasteiger partial charge in [-0.1, -0.05) is 6.92 Å². The van der Waals surface area contributed by atoms with Gasteiger partial charge in [-0.25, -0.2) is 4.98 Å². The second-order valence-corrected chi connectivity index (χ2v) is 6.25. The molecule has 1 fully saturated rings. The summed E-state index contributed by atoms with van der Waals surface area (Å²) in [6.45, 7) is 11.1. The SMILES string of the molecule is CCCn1cncc1C1CC1CNC(C)(C)C. The summed E-state index contributed by atoms with van der Waals surface area (Å²) >= 11 is 0. The van der Waals surface area contributed by atoms with Crippen molar-refractivity contribution in [1.29, 1.82) is 0 Å². The summed E-state index contributed by atoms with van der Waals surface area (Å²) in [7, 11) is 0. The molecule has 2 unspecified atom stereocenters. The van der Waals surface area contributed by atoms with E-state index in [9.17, 15) is 0 Å². The van der Waals surface area contributed by atoms with Crippen molar-refractivity contribution < 1.29 is 0 Å². The minimum atomic E-state index is 0.233. The Kier molecular flexibility index (Phi) is 3.57. The smallest absolute Gasteiger partial charge is 0.0948 e. The molecule has 2 atom stereocenters. The highest BCUT2D eigenvalue weighted by Crippen LogP contribution is 2.47. The van der Waals surface area contributed by atoms with Gasteiger partial charge in [-0.15, -0.1) is 0 Å². The molecule has 3 nitrogen and oxygen atoms in total. The van der Waals surface area contributed by atoms with Crippen molar-refractivity contribution in [3.05, 3.63) is 18.2 Å². The van der Waals surface area contributed by atoms with Crippen LogP contribution in [0.3, 0.4) is 0 Å². The van der Waals surface area contributed by atoms with Gasteiger partial charge in [0.05, 0.1) is 6.33 Å². The Labute approximate surface area is 105 Å². The average Bonchev–Trinajstić information content (AvgIpc) is 2.87. The highest BCUT2D eigenvalue weighted by atomic mass is 15.1. The van der Waals surface area contributed by atoms with Crippen molar-refractivity contribution in [1.82, 2.24) is 14.9 Å². The normalized spacial score (nSPS) is 24.0. The first kappa shape index (κ1) is 12.6. The van der Waals surface area contributed by atoms with Crippen molar-refractivity contribution in [2.45, 2.75) is 58.5 Å². The zero-order valence-corrected chi connectivity index (χ0v) is 11.5. The fraction of sp³-hybridized carbons (Fsp3) is 0.786. The predicted octanol–water partition coefficient (Wildman–Crippen LogP) is 2.78. The van der Waals surface area contributed by atoms with E-state index in [0.717, 1.165) is 24.9 Å². The van der Waals surface area contributed by atoms with Crippen LogP contribution < -0.4 is 5.32 Å². The highest BCUT2D eigenvalue weighted by Gasteiger charge is 2.40. The van der Waals surface area contributed by atoms with Crippen molar-refractivity contribution in [2.75, 3.05) is 6.54 Å². The standard InChI is InChI=1S/C14H25N3/c1-5-6-17-10-15-9-13(17)12-7-11(12)8-16-14(2,3)4/h9-12,16H,5-8H2,1-4H3. The number of aryl methyl sites for hydroxylation is 1. The maximum Gasteiger partial charge on any atom is 0.0948 e. The molecule has 3 heteroatoms. The van der Waals surface area contributed by atoms with E-state index >= 15 is 0 Å². The second-order valence-electron chi connectivity index (χ2n) is 6.25. The first-order chi connectivity index (χ1) is 8.01. The van der Waals surface area contributed by atoms with E-state index in [1.54, 1.807) is 0 Å². The fourth-order valence-corrected chi connectivity index (χ4v) is 2.34. The molecule has 1 N–H and O–H groups in total. The van der Waals surface area contributed by atoms with Gasteiger partial charge < -0.3 is 9.88 Å². The molecule has 17 heavy (non-hydrogen) atoms. The predicted molar refractivity (Wildman–Crippen MR) is 71.1 cm³/mol. The Morgan fingerprint density at radius 3 is 2.88 bits per heavy atom. The summed E-state index contributed by atoms with van der Waals surface area (Å²) in [5.74, 6) is 1.54. The Balaban J connectivity index is 1.87. The number of nitrogens with zero attached hydrogens (tertiary/aromatic N) is 2. The second kappa shape index (κ2) is 4.81. The molecule has 0 aliphatic heterocycles. The van der Waals surface area contributed by atoms with Gasteiger partial charge in [-0.3, -0.25) is 0 Å². The molecule has 1 aromatic rings. The van der Waals surface area contributed by atoms with Gasteiger partial charge in [0.1, 0.15) is 0 Å². The first-order valence-electron chi connectivity index (χ1n) is 6.76. The van der Waals surface area contributed by atoms with Crippen LogP contribution in [0.15, 0.2) is 12.5 Å². The number of aromatic nitrogens is 2. The van der Waals surface area contributed by atoms with Gasteiger partial charge in [0.15, 0.2) is 0 Å². The van der Waals surface area contributed by atoms with Crippen LogP contribution >= 0.6 is 0 Å². The van der Waals surface area contributed by atoms with Gasteiger partial charge in [0.2, 0.25) is 0 Å². The molecule has 1 aliphatic carbocycles. The van der Waals surface area contributed by atoms with E-state index in [2.05, 4.69) is 48.8 Å². The average molecular weight is 235 g/mol. The van der Waals surface area contributed by atoms with E-state index in [4.69, 9.17) is 0 Å².